The minimum Gasteiger partial charge on any atom is -0.497 e. The zero-order valence-corrected chi connectivity index (χ0v) is 17.3. The van der Waals surface area contributed by atoms with Crippen molar-refractivity contribution in [3.05, 3.63) is 69.2 Å². The van der Waals surface area contributed by atoms with E-state index in [1.807, 2.05) is 31.2 Å². The van der Waals surface area contributed by atoms with E-state index in [4.69, 9.17) is 4.74 Å². The highest BCUT2D eigenvalue weighted by Gasteiger charge is 2.16. The second-order valence-electron chi connectivity index (χ2n) is 6.21. The lowest BCUT2D eigenvalue weighted by molar-refractivity contribution is -0.384. The highest BCUT2D eigenvalue weighted by molar-refractivity contribution is 7.98. The average Bonchev–Trinajstić information content (AvgIpc) is 3.14. The Hall–Kier alpha value is -3.04. The van der Waals surface area contributed by atoms with E-state index in [2.05, 4.69) is 15.2 Å². The van der Waals surface area contributed by atoms with Gasteiger partial charge < -0.3 is 4.74 Å². The van der Waals surface area contributed by atoms with Crippen LogP contribution in [0.5, 0.6) is 5.75 Å². The molecular formula is C20H16N4O3S2. The Labute approximate surface area is 174 Å². The normalized spacial score (nSPS) is 11.0. The number of rotatable bonds is 6. The van der Waals surface area contributed by atoms with Crippen LogP contribution in [0, 0.1) is 17.0 Å². The molecule has 0 amide bonds. The Morgan fingerprint density at radius 2 is 1.83 bits per heavy atom. The lowest BCUT2D eigenvalue weighted by Crippen LogP contribution is -1.93. The van der Waals surface area contributed by atoms with Gasteiger partial charge in [0.05, 0.1) is 21.7 Å². The molecule has 7 nitrogen and oxygen atoms in total. The van der Waals surface area contributed by atoms with Gasteiger partial charge >= 0.3 is 0 Å². The first-order valence-corrected chi connectivity index (χ1v) is 10.5. The van der Waals surface area contributed by atoms with E-state index in [1.165, 1.54) is 23.9 Å². The van der Waals surface area contributed by atoms with Crippen LogP contribution in [-0.2, 0) is 5.75 Å². The second-order valence-corrected chi connectivity index (χ2v) is 8.37. The molecule has 0 radical (unpaired) electrons. The maximum Gasteiger partial charge on any atom is 0.269 e. The van der Waals surface area contributed by atoms with Crippen molar-refractivity contribution in [2.75, 3.05) is 7.11 Å². The van der Waals surface area contributed by atoms with E-state index in [-0.39, 0.29) is 5.69 Å². The number of nitrogens with zero attached hydrogens (tertiary/aromatic N) is 4. The van der Waals surface area contributed by atoms with Gasteiger partial charge in [0, 0.05) is 23.4 Å². The quantitative estimate of drug-likeness (QED) is 0.236. The number of non-ortho nitro benzene ring substituents is 1. The molecule has 0 saturated heterocycles. The molecule has 0 spiro atoms. The summed E-state index contributed by atoms with van der Waals surface area (Å²) in [5.74, 6) is 1.41. The Morgan fingerprint density at radius 3 is 2.48 bits per heavy atom. The minimum atomic E-state index is -0.401. The molecule has 0 fully saturated rings. The SMILES string of the molecule is COc1ccc(-c2nnc(SCc3ccc([N+](=O)[O-])cc3)c3nc(C)sc23)cc1. The molecule has 0 atom stereocenters. The van der Waals surface area contributed by atoms with Gasteiger partial charge in [-0.2, -0.15) is 0 Å². The molecule has 2 heterocycles. The summed E-state index contributed by atoms with van der Waals surface area (Å²) in [4.78, 5) is 15.1. The predicted octanol–water partition coefficient (Wildman–Crippen LogP) is 5.27. The standard InChI is InChI=1S/C20H16N4O3S2/c1-12-21-18-19(29-12)17(14-5-9-16(27-2)10-6-14)22-23-20(18)28-11-13-3-7-15(8-4-13)24(25)26/h3-10H,11H2,1-2H3. The van der Waals surface area contributed by atoms with E-state index in [0.717, 1.165) is 42.8 Å². The number of hydrogen-bond donors (Lipinski definition) is 0. The first-order valence-electron chi connectivity index (χ1n) is 8.69. The number of thiazole rings is 1. The Kier molecular flexibility index (Phi) is 5.41. The topological polar surface area (TPSA) is 91.0 Å². The summed E-state index contributed by atoms with van der Waals surface area (Å²) in [6, 6.07) is 14.2. The lowest BCUT2D eigenvalue weighted by atomic mass is 10.1. The zero-order valence-electron chi connectivity index (χ0n) is 15.7. The molecule has 0 bridgehead atoms. The Balaban J connectivity index is 1.63. The van der Waals surface area contributed by atoms with Crippen LogP contribution in [0.15, 0.2) is 53.6 Å². The summed E-state index contributed by atoms with van der Waals surface area (Å²) < 4.78 is 6.22. The van der Waals surface area contributed by atoms with E-state index < -0.39 is 4.92 Å². The molecule has 0 N–H and O–H groups in total. The van der Waals surface area contributed by atoms with Crippen molar-refractivity contribution in [3.63, 3.8) is 0 Å². The van der Waals surface area contributed by atoms with Crippen LogP contribution in [-0.4, -0.2) is 27.2 Å². The summed E-state index contributed by atoms with van der Waals surface area (Å²) in [7, 11) is 1.64. The second kappa shape index (κ2) is 8.14. The molecular weight excluding hydrogens is 408 g/mol. The molecule has 146 valence electrons. The van der Waals surface area contributed by atoms with Crippen molar-refractivity contribution in [3.8, 4) is 17.0 Å². The van der Waals surface area contributed by atoms with Gasteiger partial charge in [-0.3, -0.25) is 10.1 Å². The van der Waals surface area contributed by atoms with Gasteiger partial charge in [0.25, 0.3) is 5.69 Å². The number of aromatic nitrogens is 3. The van der Waals surface area contributed by atoms with Gasteiger partial charge in [-0.25, -0.2) is 4.98 Å². The third kappa shape index (κ3) is 4.06. The van der Waals surface area contributed by atoms with Gasteiger partial charge in [-0.1, -0.05) is 23.9 Å². The van der Waals surface area contributed by atoms with E-state index >= 15 is 0 Å². The van der Waals surface area contributed by atoms with Crippen LogP contribution in [0.4, 0.5) is 5.69 Å². The molecule has 29 heavy (non-hydrogen) atoms. The fourth-order valence-electron chi connectivity index (χ4n) is 2.82. The van der Waals surface area contributed by atoms with Gasteiger partial charge in [0.15, 0.2) is 0 Å². The van der Waals surface area contributed by atoms with E-state index in [9.17, 15) is 10.1 Å². The summed E-state index contributed by atoms with van der Waals surface area (Å²) in [5, 5.41) is 21.4. The first-order chi connectivity index (χ1) is 14.0. The fraction of sp³-hybridized carbons (Fsp3) is 0.150. The molecule has 9 heteroatoms. The molecule has 0 aliphatic heterocycles. The Morgan fingerprint density at radius 1 is 1.10 bits per heavy atom. The number of aryl methyl sites for hydroxylation is 1. The van der Waals surface area contributed by atoms with Crippen molar-refractivity contribution in [2.45, 2.75) is 17.7 Å². The molecule has 2 aromatic heterocycles. The molecule has 0 unspecified atom stereocenters. The minimum absolute atomic E-state index is 0.0832. The number of methoxy groups -OCH3 is 1. The fourth-order valence-corrected chi connectivity index (χ4v) is 4.69. The highest BCUT2D eigenvalue weighted by atomic mass is 32.2. The third-order valence-electron chi connectivity index (χ3n) is 4.28. The summed E-state index contributed by atoms with van der Waals surface area (Å²) >= 11 is 3.11. The molecule has 4 aromatic rings. The van der Waals surface area contributed by atoms with Crippen molar-refractivity contribution in [2.24, 2.45) is 0 Å². The van der Waals surface area contributed by atoms with Crippen molar-refractivity contribution >= 4 is 39.0 Å². The number of ether oxygens (including phenoxy) is 1. The number of nitro groups is 1. The number of nitro benzene ring substituents is 1. The zero-order chi connectivity index (χ0) is 20.4. The van der Waals surface area contributed by atoms with Gasteiger partial charge in [-0.15, -0.1) is 21.5 Å². The molecule has 0 saturated carbocycles. The van der Waals surface area contributed by atoms with Crippen LogP contribution in [0.25, 0.3) is 21.5 Å². The summed E-state index contributed by atoms with van der Waals surface area (Å²) in [6.07, 6.45) is 0. The number of benzene rings is 2. The molecule has 2 aromatic carbocycles. The third-order valence-corrected chi connectivity index (χ3v) is 6.28. The van der Waals surface area contributed by atoms with Crippen LogP contribution in [0.2, 0.25) is 0 Å². The van der Waals surface area contributed by atoms with Crippen LogP contribution in [0.1, 0.15) is 10.6 Å². The van der Waals surface area contributed by atoms with Crippen molar-refractivity contribution in [1.29, 1.82) is 0 Å². The maximum absolute atomic E-state index is 10.8. The number of thioether (sulfide) groups is 1. The number of fused-ring (bicyclic) bond motifs is 1. The summed E-state index contributed by atoms with van der Waals surface area (Å²) in [6.45, 7) is 1.97. The van der Waals surface area contributed by atoms with Crippen molar-refractivity contribution in [1.82, 2.24) is 15.2 Å². The maximum atomic E-state index is 10.8. The van der Waals surface area contributed by atoms with Crippen LogP contribution in [0.3, 0.4) is 0 Å². The van der Waals surface area contributed by atoms with Gasteiger partial charge in [0.1, 0.15) is 22.0 Å². The summed E-state index contributed by atoms with van der Waals surface area (Å²) in [5.41, 5.74) is 3.65. The smallest absolute Gasteiger partial charge is 0.269 e. The van der Waals surface area contributed by atoms with Gasteiger partial charge in [0.2, 0.25) is 0 Å². The molecule has 0 aliphatic rings. The monoisotopic (exact) mass is 424 g/mol. The van der Waals surface area contributed by atoms with Gasteiger partial charge in [-0.05, 0) is 36.8 Å². The van der Waals surface area contributed by atoms with Crippen LogP contribution >= 0.6 is 23.1 Å². The number of hydrogen-bond acceptors (Lipinski definition) is 8. The lowest BCUT2D eigenvalue weighted by Gasteiger charge is -2.06. The van der Waals surface area contributed by atoms with E-state index in [1.54, 1.807) is 30.6 Å². The predicted molar refractivity (Wildman–Crippen MR) is 115 cm³/mol. The van der Waals surface area contributed by atoms with Crippen molar-refractivity contribution < 1.29 is 9.66 Å². The first kappa shape index (κ1) is 19.3. The highest BCUT2D eigenvalue weighted by Crippen LogP contribution is 2.36. The molecule has 0 aliphatic carbocycles. The Bertz CT molecular complexity index is 1180. The largest absolute Gasteiger partial charge is 0.497 e. The average molecular weight is 425 g/mol. The molecule has 4 rings (SSSR count). The van der Waals surface area contributed by atoms with E-state index in [0.29, 0.717) is 5.75 Å². The van der Waals surface area contributed by atoms with Crippen LogP contribution < -0.4 is 4.74 Å².